The van der Waals surface area contributed by atoms with Gasteiger partial charge < -0.3 is 19.3 Å². The molecule has 2 aliphatic rings. The van der Waals surface area contributed by atoms with Gasteiger partial charge in [-0.2, -0.15) is 0 Å². The highest BCUT2D eigenvalue weighted by Crippen LogP contribution is 2.49. The molecule has 6 atom stereocenters. The zero-order chi connectivity index (χ0) is 29.1. The van der Waals surface area contributed by atoms with Gasteiger partial charge in [0.25, 0.3) is 5.56 Å². The number of nitrogens with one attached hydrogen (secondary N) is 2. The molecule has 216 valence electrons. The van der Waals surface area contributed by atoms with E-state index >= 15 is 0 Å². The standard InChI is InChI=1S/C24H44N4O7SSi2/c1-22(2,3)37(7,8)33-13-16-24(27-15(19(25)30)14-36(24)32)18(35-38(9,10)23(4,5)6)20(34-16)28-12-11-17(29)26-21(28)31/h11-12,15-16,18,20,27H,13-14H2,1-10H3,(H2,25,30)(H,26,29,31). The molecule has 1 spiro atoms. The lowest BCUT2D eigenvalue weighted by atomic mass is 10.1. The summed E-state index contributed by atoms with van der Waals surface area (Å²) in [6.07, 6.45) is -1.46. The van der Waals surface area contributed by atoms with Gasteiger partial charge in [0.15, 0.2) is 27.7 Å². The van der Waals surface area contributed by atoms with Crippen molar-refractivity contribution in [1.82, 2.24) is 14.9 Å². The summed E-state index contributed by atoms with van der Waals surface area (Å²) in [4.78, 5) is 37.9. The van der Waals surface area contributed by atoms with Crippen LogP contribution in [0.25, 0.3) is 0 Å². The van der Waals surface area contributed by atoms with Gasteiger partial charge in [-0.15, -0.1) is 0 Å². The number of nitrogens with zero attached hydrogens (tertiary/aromatic N) is 1. The van der Waals surface area contributed by atoms with Crippen LogP contribution in [0.3, 0.4) is 0 Å². The van der Waals surface area contributed by atoms with Crippen molar-refractivity contribution in [1.29, 1.82) is 0 Å². The summed E-state index contributed by atoms with van der Waals surface area (Å²) < 4.78 is 35.2. The van der Waals surface area contributed by atoms with Crippen molar-refractivity contribution in [3.8, 4) is 0 Å². The summed E-state index contributed by atoms with van der Waals surface area (Å²) in [5.74, 6) is -0.644. The highest BCUT2D eigenvalue weighted by atomic mass is 32.2. The van der Waals surface area contributed by atoms with Gasteiger partial charge in [0.1, 0.15) is 12.2 Å². The normalized spacial score (nSPS) is 30.7. The number of primary amides is 1. The van der Waals surface area contributed by atoms with Gasteiger partial charge in [-0.25, -0.2) is 4.79 Å². The van der Waals surface area contributed by atoms with Gasteiger partial charge in [0, 0.05) is 23.1 Å². The topological polar surface area (TPSA) is 155 Å². The van der Waals surface area contributed by atoms with Gasteiger partial charge in [-0.05, 0) is 36.3 Å². The van der Waals surface area contributed by atoms with Gasteiger partial charge in [0.2, 0.25) is 5.91 Å². The van der Waals surface area contributed by atoms with E-state index in [4.69, 9.17) is 19.3 Å². The van der Waals surface area contributed by atoms with E-state index in [0.29, 0.717) is 0 Å². The number of aromatic nitrogens is 2. The predicted octanol–water partition coefficient (Wildman–Crippen LogP) is 1.75. The van der Waals surface area contributed by atoms with Crippen molar-refractivity contribution in [2.45, 2.75) is 107 Å². The molecule has 6 unspecified atom stereocenters. The van der Waals surface area contributed by atoms with Gasteiger partial charge in [-0.3, -0.25) is 28.7 Å². The van der Waals surface area contributed by atoms with Crippen LogP contribution in [0.2, 0.25) is 36.3 Å². The minimum absolute atomic E-state index is 0.0140. The molecule has 38 heavy (non-hydrogen) atoms. The third kappa shape index (κ3) is 5.58. The van der Waals surface area contributed by atoms with Gasteiger partial charge >= 0.3 is 5.69 Å². The molecule has 0 saturated carbocycles. The molecule has 4 N–H and O–H groups in total. The van der Waals surface area contributed by atoms with Gasteiger partial charge in [0.05, 0.1) is 18.4 Å². The number of carbonyl (C=O) groups excluding carboxylic acids is 1. The molecule has 0 aromatic carbocycles. The molecular weight excluding hydrogens is 545 g/mol. The Morgan fingerprint density at radius 1 is 1.16 bits per heavy atom. The Morgan fingerprint density at radius 3 is 2.21 bits per heavy atom. The van der Waals surface area contributed by atoms with Gasteiger partial charge in [-0.1, -0.05) is 41.5 Å². The number of aromatic amines is 1. The van der Waals surface area contributed by atoms with E-state index in [2.05, 4.69) is 78.0 Å². The number of H-pyrrole nitrogens is 1. The zero-order valence-corrected chi connectivity index (χ0v) is 27.0. The highest BCUT2D eigenvalue weighted by molar-refractivity contribution is 7.87. The Kier molecular flexibility index (Phi) is 8.35. The summed E-state index contributed by atoms with van der Waals surface area (Å²) in [6, 6.07) is 0.359. The second-order valence-electron chi connectivity index (χ2n) is 13.3. The largest absolute Gasteiger partial charge is 0.414 e. The summed E-state index contributed by atoms with van der Waals surface area (Å²) in [6.45, 7) is 21.0. The minimum Gasteiger partial charge on any atom is -0.414 e. The first kappa shape index (κ1) is 31.1. The van der Waals surface area contributed by atoms with Crippen molar-refractivity contribution in [3.05, 3.63) is 33.1 Å². The number of ether oxygens (including phenoxy) is 1. The number of hydrogen-bond donors (Lipinski definition) is 3. The molecule has 2 fully saturated rings. The maximum Gasteiger partial charge on any atom is 0.330 e. The fourth-order valence-electron chi connectivity index (χ4n) is 4.15. The van der Waals surface area contributed by atoms with Crippen LogP contribution in [-0.4, -0.2) is 71.8 Å². The average molecular weight is 589 g/mol. The molecule has 11 nitrogen and oxygen atoms in total. The molecule has 0 bridgehead atoms. The third-order valence-electron chi connectivity index (χ3n) is 8.66. The monoisotopic (exact) mass is 588 g/mol. The van der Waals surface area contributed by atoms with Crippen molar-refractivity contribution in [2.24, 2.45) is 5.73 Å². The SMILES string of the molecule is CC(C)(C)[Si](C)(C)OCC1OC(n2ccc(=O)[nH]c2=O)C(O[Si](C)(C)C(C)(C)C)C12NC(C(N)=O)CS2=O. The summed E-state index contributed by atoms with van der Waals surface area (Å²) >= 11 is 0. The van der Waals surface area contributed by atoms with Crippen molar-refractivity contribution in [3.63, 3.8) is 0 Å². The van der Waals surface area contributed by atoms with E-state index in [0.717, 1.165) is 0 Å². The molecule has 1 amide bonds. The van der Waals surface area contributed by atoms with Crippen LogP contribution in [0.5, 0.6) is 0 Å². The van der Waals surface area contributed by atoms with Crippen LogP contribution < -0.4 is 22.3 Å². The lowest BCUT2D eigenvalue weighted by Crippen LogP contribution is -2.64. The third-order valence-corrected chi connectivity index (χ3v) is 19.6. The second-order valence-corrected chi connectivity index (χ2v) is 24.6. The molecule has 2 aliphatic heterocycles. The highest BCUT2D eigenvalue weighted by Gasteiger charge is 2.67. The Labute approximate surface area is 228 Å². The molecule has 14 heteroatoms. The fourth-order valence-corrected chi connectivity index (χ4v) is 8.47. The molecule has 2 saturated heterocycles. The minimum atomic E-state index is -2.55. The van der Waals surface area contributed by atoms with Crippen LogP contribution >= 0.6 is 0 Å². The molecule has 3 rings (SSSR count). The Balaban J connectivity index is 2.19. The molecular formula is C24H44N4O7SSi2. The Morgan fingerprint density at radius 2 is 1.74 bits per heavy atom. The van der Waals surface area contributed by atoms with Crippen LogP contribution in [0.15, 0.2) is 21.9 Å². The first-order valence-electron chi connectivity index (χ1n) is 12.9. The number of nitrogens with two attached hydrogens (primary N) is 1. The summed E-state index contributed by atoms with van der Waals surface area (Å²) in [5.41, 5.74) is 4.43. The van der Waals surface area contributed by atoms with Crippen molar-refractivity contribution >= 4 is 33.3 Å². The van der Waals surface area contributed by atoms with Crippen molar-refractivity contribution in [2.75, 3.05) is 12.4 Å². The first-order valence-corrected chi connectivity index (χ1v) is 20.0. The Hall–Kier alpha value is -1.43. The van der Waals surface area contributed by atoms with Crippen LogP contribution in [0, 0.1) is 0 Å². The van der Waals surface area contributed by atoms with E-state index in [1.807, 2.05) is 0 Å². The molecule has 3 heterocycles. The molecule has 0 radical (unpaired) electrons. The smallest absolute Gasteiger partial charge is 0.330 e. The zero-order valence-electron chi connectivity index (χ0n) is 24.2. The van der Waals surface area contributed by atoms with Crippen LogP contribution in [-0.2, 0) is 29.2 Å². The maximum absolute atomic E-state index is 14.0. The fraction of sp³-hybridized carbons (Fsp3) is 0.792. The molecule has 1 aromatic heterocycles. The number of amides is 1. The van der Waals surface area contributed by atoms with E-state index < -0.39 is 73.9 Å². The van der Waals surface area contributed by atoms with E-state index in [1.165, 1.54) is 16.8 Å². The van der Waals surface area contributed by atoms with Crippen LogP contribution in [0.4, 0.5) is 0 Å². The number of carbonyl (C=O) groups is 1. The van der Waals surface area contributed by atoms with E-state index in [-0.39, 0.29) is 22.4 Å². The molecule has 0 aliphatic carbocycles. The van der Waals surface area contributed by atoms with E-state index in [1.54, 1.807) is 0 Å². The lowest BCUT2D eigenvalue weighted by molar-refractivity contribution is -0.119. The maximum atomic E-state index is 14.0. The van der Waals surface area contributed by atoms with Crippen LogP contribution in [0.1, 0.15) is 47.8 Å². The summed E-state index contributed by atoms with van der Waals surface area (Å²) in [7, 11) is -6.50. The number of rotatable bonds is 7. The summed E-state index contributed by atoms with van der Waals surface area (Å²) in [5, 5.41) is 2.92. The lowest BCUT2D eigenvalue weighted by Gasteiger charge is -2.44. The quantitative estimate of drug-likeness (QED) is 0.407. The predicted molar refractivity (Wildman–Crippen MR) is 152 cm³/mol. The molecule has 1 aromatic rings. The average Bonchev–Trinajstić information content (AvgIpc) is 3.24. The Bertz CT molecular complexity index is 1200. The van der Waals surface area contributed by atoms with E-state index in [9.17, 15) is 18.6 Å². The second kappa shape index (κ2) is 10.2. The number of hydrogen-bond acceptors (Lipinski definition) is 8. The first-order chi connectivity index (χ1) is 17.1. The van der Waals surface area contributed by atoms with Crippen molar-refractivity contribution < 1.29 is 22.6 Å².